The number of nitrogens with zero attached hydrogens (tertiary/aromatic N) is 2. The Hall–Kier alpha value is -0.640. The molecule has 0 saturated carbocycles. The summed E-state index contributed by atoms with van der Waals surface area (Å²) in [5, 5.41) is 0. The number of likely N-dealkylation sites (tertiary alicyclic amines) is 1. The van der Waals surface area contributed by atoms with Crippen molar-refractivity contribution in [2.75, 3.05) is 43.4 Å². The fourth-order valence-corrected chi connectivity index (χ4v) is 2.60. The van der Waals surface area contributed by atoms with E-state index in [0.29, 0.717) is 0 Å². The van der Waals surface area contributed by atoms with Gasteiger partial charge in [0.05, 0.1) is 0 Å². The van der Waals surface area contributed by atoms with Crippen molar-refractivity contribution in [3.63, 3.8) is 0 Å². The van der Waals surface area contributed by atoms with Crippen molar-refractivity contribution >= 4 is 36.2 Å². The summed E-state index contributed by atoms with van der Waals surface area (Å²) in [6.07, 6.45) is 4.15. The molecule has 1 aliphatic heterocycles. The highest BCUT2D eigenvalue weighted by molar-refractivity contribution is 5.85. The number of nitrogens with two attached hydrogens (primary N) is 1. The molecule has 2 rings (SSSR count). The Balaban J connectivity index is 0.00000180. The maximum Gasteiger partial charge on any atom is 0.0368 e. The van der Waals surface area contributed by atoms with Crippen LogP contribution in [-0.4, -0.2) is 37.6 Å². The molecule has 0 amide bonds. The largest absolute Gasteiger partial charge is 0.399 e. The molecule has 3 nitrogen and oxygen atoms in total. The molecule has 0 aliphatic carbocycles. The van der Waals surface area contributed by atoms with Gasteiger partial charge in [-0.3, -0.25) is 0 Å². The zero-order valence-corrected chi connectivity index (χ0v) is 13.9. The maximum absolute atomic E-state index is 5.73. The second-order valence-electron chi connectivity index (χ2n) is 5.07. The van der Waals surface area contributed by atoms with Gasteiger partial charge in [-0.1, -0.05) is 6.42 Å². The van der Waals surface area contributed by atoms with Gasteiger partial charge in [0.2, 0.25) is 0 Å². The fourth-order valence-electron chi connectivity index (χ4n) is 2.60. The van der Waals surface area contributed by atoms with Crippen molar-refractivity contribution in [3.8, 4) is 0 Å². The van der Waals surface area contributed by atoms with Gasteiger partial charge in [0, 0.05) is 31.0 Å². The van der Waals surface area contributed by atoms with E-state index in [-0.39, 0.29) is 24.8 Å². The third kappa shape index (κ3) is 5.78. The van der Waals surface area contributed by atoms with Crippen molar-refractivity contribution in [2.45, 2.75) is 26.2 Å². The summed E-state index contributed by atoms with van der Waals surface area (Å²) >= 11 is 0. The van der Waals surface area contributed by atoms with Gasteiger partial charge in [-0.05, 0) is 57.1 Å². The number of hydrogen-bond donors (Lipinski definition) is 1. The van der Waals surface area contributed by atoms with Crippen molar-refractivity contribution in [3.05, 3.63) is 24.3 Å². The topological polar surface area (TPSA) is 32.5 Å². The van der Waals surface area contributed by atoms with E-state index in [1.54, 1.807) is 0 Å². The van der Waals surface area contributed by atoms with Crippen LogP contribution in [0.25, 0.3) is 0 Å². The highest BCUT2D eigenvalue weighted by atomic mass is 35.5. The van der Waals surface area contributed by atoms with Crippen LogP contribution in [0, 0.1) is 0 Å². The standard InChI is InChI=1S/C15H25N3.2ClH/c1-2-18(15-8-6-14(16)7-9-15)13-12-17-10-4-3-5-11-17;;/h6-9H,2-5,10-13,16H2,1H3;2*1H. The predicted octanol–water partition coefficient (Wildman–Crippen LogP) is 3.42. The van der Waals surface area contributed by atoms with Crippen LogP contribution in [-0.2, 0) is 0 Å². The van der Waals surface area contributed by atoms with Crippen molar-refractivity contribution in [1.29, 1.82) is 0 Å². The van der Waals surface area contributed by atoms with Gasteiger partial charge in [0.15, 0.2) is 0 Å². The summed E-state index contributed by atoms with van der Waals surface area (Å²) in [5.74, 6) is 0. The molecule has 0 unspecified atom stereocenters. The van der Waals surface area contributed by atoms with Crippen LogP contribution in [0.2, 0.25) is 0 Å². The van der Waals surface area contributed by atoms with Crippen LogP contribution in [0.4, 0.5) is 11.4 Å². The molecule has 2 N–H and O–H groups in total. The Morgan fingerprint density at radius 2 is 1.65 bits per heavy atom. The molecule has 1 fully saturated rings. The highest BCUT2D eigenvalue weighted by Gasteiger charge is 2.11. The first kappa shape index (κ1) is 19.4. The Labute approximate surface area is 135 Å². The van der Waals surface area contributed by atoms with Gasteiger partial charge < -0.3 is 15.5 Å². The molecule has 1 aromatic rings. The molecular formula is C15H27Cl2N3. The third-order valence-electron chi connectivity index (χ3n) is 3.77. The predicted molar refractivity (Wildman–Crippen MR) is 93.5 cm³/mol. The normalized spacial score (nSPS) is 15.1. The molecule has 5 heteroatoms. The first-order chi connectivity index (χ1) is 8.79. The second kappa shape index (κ2) is 10.1. The van der Waals surface area contributed by atoms with Crippen LogP contribution in [0.3, 0.4) is 0 Å². The zero-order chi connectivity index (χ0) is 12.8. The molecule has 1 aliphatic rings. The average Bonchev–Trinajstić information content (AvgIpc) is 2.42. The SMILES string of the molecule is CCN(CCN1CCCCC1)c1ccc(N)cc1.Cl.Cl. The van der Waals surface area contributed by atoms with Crippen LogP contribution < -0.4 is 10.6 Å². The molecule has 0 spiro atoms. The number of anilines is 2. The van der Waals surface area contributed by atoms with Crippen LogP contribution >= 0.6 is 24.8 Å². The second-order valence-corrected chi connectivity index (χ2v) is 5.07. The van der Waals surface area contributed by atoms with Crippen LogP contribution in [0.5, 0.6) is 0 Å². The van der Waals surface area contributed by atoms with E-state index in [2.05, 4.69) is 28.9 Å². The lowest BCUT2D eigenvalue weighted by molar-refractivity contribution is 0.233. The van der Waals surface area contributed by atoms with Gasteiger partial charge in [0.25, 0.3) is 0 Å². The summed E-state index contributed by atoms with van der Waals surface area (Å²) in [7, 11) is 0. The van der Waals surface area contributed by atoms with E-state index >= 15 is 0 Å². The monoisotopic (exact) mass is 319 g/mol. The smallest absolute Gasteiger partial charge is 0.0368 e. The number of likely N-dealkylation sites (N-methyl/N-ethyl adjacent to an activating group) is 1. The Kier molecular flexibility index (Phi) is 9.82. The van der Waals surface area contributed by atoms with Crippen LogP contribution in [0.15, 0.2) is 24.3 Å². The molecule has 0 radical (unpaired) electrons. The van der Waals surface area contributed by atoms with E-state index in [1.165, 1.54) is 44.6 Å². The molecule has 0 atom stereocenters. The minimum Gasteiger partial charge on any atom is -0.399 e. The molecule has 116 valence electrons. The Morgan fingerprint density at radius 1 is 1.05 bits per heavy atom. The number of halogens is 2. The Bertz CT molecular complexity index is 351. The maximum atomic E-state index is 5.73. The van der Waals surface area contributed by atoms with Gasteiger partial charge >= 0.3 is 0 Å². The lowest BCUT2D eigenvalue weighted by Gasteiger charge is -2.30. The van der Waals surface area contributed by atoms with E-state index < -0.39 is 0 Å². The molecule has 1 heterocycles. The average molecular weight is 320 g/mol. The lowest BCUT2D eigenvalue weighted by atomic mass is 10.1. The van der Waals surface area contributed by atoms with E-state index in [1.807, 2.05) is 12.1 Å². The van der Waals surface area contributed by atoms with Gasteiger partial charge in [0.1, 0.15) is 0 Å². The lowest BCUT2D eigenvalue weighted by Crippen LogP contribution is -2.37. The molecule has 20 heavy (non-hydrogen) atoms. The number of rotatable bonds is 5. The zero-order valence-electron chi connectivity index (χ0n) is 12.3. The minimum absolute atomic E-state index is 0. The van der Waals surface area contributed by atoms with Crippen molar-refractivity contribution in [2.24, 2.45) is 0 Å². The first-order valence-corrected chi connectivity index (χ1v) is 7.12. The minimum atomic E-state index is 0. The summed E-state index contributed by atoms with van der Waals surface area (Å²) in [6, 6.07) is 8.21. The van der Waals surface area contributed by atoms with E-state index in [4.69, 9.17) is 5.73 Å². The molecule has 1 saturated heterocycles. The summed E-state index contributed by atoms with van der Waals surface area (Å²) in [6.45, 7) is 8.11. The van der Waals surface area contributed by atoms with Gasteiger partial charge in [-0.2, -0.15) is 0 Å². The van der Waals surface area contributed by atoms with E-state index in [0.717, 1.165) is 18.8 Å². The number of benzene rings is 1. The number of nitrogen functional groups attached to an aromatic ring is 1. The molecule has 0 aromatic heterocycles. The number of hydrogen-bond acceptors (Lipinski definition) is 3. The van der Waals surface area contributed by atoms with Crippen molar-refractivity contribution < 1.29 is 0 Å². The summed E-state index contributed by atoms with van der Waals surface area (Å²) < 4.78 is 0. The third-order valence-corrected chi connectivity index (χ3v) is 3.77. The van der Waals surface area contributed by atoms with Gasteiger partial charge in [-0.15, -0.1) is 24.8 Å². The molecule has 0 bridgehead atoms. The number of piperidine rings is 1. The summed E-state index contributed by atoms with van der Waals surface area (Å²) in [4.78, 5) is 5.01. The highest BCUT2D eigenvalue weighted by Crippen LogP contribution is 2.16. The molecule has 1 aromatic carbocycles. The van der Waals surface area contributed by atoms with E-state index in [9.17, 15) is 0 Å². The van der Waals surface area contributed by atoms with Crippen LogP contribution in [0.1, 0.15) is 26.2 Å². The van der Waals surface area contributed by atoms with Crippen molar-refractivity contribution in [1.82, 2.24) is 4.90 Å². The van der Waals surface area contributed by atoms with Gasteiger partial charge in [-0.25, -0.2) is 0 Å². The summed E-state index contributed by atoms with van der Waals surface area (Å²) in [5.41, 5.74) is 7.85. The first-order valence-electron chi connectivity index (χ1n) is 7.12. The Morgan fingerprint density at radius 3 is 2.20 bits per heavy atom. The fraction of sp³-hybridized carbons (Fsp3) is 0.600. The quantitative estimate of drug-likeness (QED) is 0.844. The molecular weight excluding hydrogens is 293 g/mol.